The van der Waals surface area contributed by atoms with Crippen LogP contribution in [0.15, 0.2) is 30.5 Å². The summed E-state index contributed by atoms with van der Waals surface area (Å²) in [5, 5.41) is 15.8. The molecule has 1 N–H and O–H groups in total. The molecule has 1 aliphatic rings. The first-order valence-electron chi connectivity index (χ1n) is 8.18. The third-order valence-corrected chi connectivity index (χ3v) is 4.68. The molecule has 0 saturated carbocycles. The second-order valence-corrected chi connectivity index (χ2v) is 6.21. The molecule has 1 aromatic carbocycles. The van der Waals surface area contributed by atoms with Crippen molar-refractivity contribution < 1.29 is 18.3 Å². The van der Waals surface area contributed by atoms with Crippen LogP contribution >= 0.6 is 0 Å². The summed E-state index contributed by atoms with van der Waals surface area (Å²) in [4.78, 5) is 12.8. The number of hydrogen-bond donors (Lipinski definition) is 1. The van der Waals surface area contributed by atoms with Gasteiger partial charge in [-0.3, -0.25) is 9.48 Å². The largest absolute Gasteiger partial charge is 0.381 e. The summed E-state index contributed by atoms with van der Waals surface area (Å²) in [6, 6.07) is 9.03. The Kier molecular flexibility index (Phi) is 5.00. The van der Waals surface area contributed by atoms with Gasteiger partial charge in [0, 0.05) is 20.3 Å². The maximum absolute atomic E-state index is 13.3. The van der Waals surface area contributed by atoms with Crippen molar-refractivity contribution in [2.75, 3.05) is 13.2 Å². The van der Waals surface area contributed by atoms with E-state index in [2.05, 4.69) is 16.5 Å². The first-order valence-corrected chi connectivity index (χ1v) is 8.18. The second kappa shape index (κ2) is 7.22. The molecule has 0 spiro atoms. The van der Waals surface area contributed by atoms with Crippen LogP contribution in [-0.4, -0.2) is 28.9 Å². The molecular formula is C18H18F2N4O2. The SMILES string of the molecule is Cn1ncc(C(=O)NC2(c3cccc(C#N)c3)CCOCC2)c1C(F)F. The van der Waals surface area contributed by atoms with Crippen LogP contribution in [0.1, 0.15) is 46.4 Å². The van der Waals surface area contributed by atoms with Gasteiger partial charge in [-0.25, -0.2) is 8.78 Å². The molecule has 8 heteroatoms. The summed E-state index contributed by atoms with van der Waals surface area (Å²) in [6.45, 7) is 0.845. The standard InChI is InChI=1S/C18H18F2N4O2/c1-24-15(16(19)20)14(11-22-24)17(25)23-18(5-7-26-8-6-18)13-4-2-3-12(9-13)10-21/h2-4,9,11,16H,5-8H2,1H3,(H,23,25). The normalized spacial score (nSPS) is 16.3. The van der Waals surface area contributed by atoms with E-state index in [1.165, 1.54) is 7.05 Å². The number of benzene rings is 1. The summed E-state index contributed by atoms with van der Waals surface area (Å²) < 4.78 is 33.0. The maximum atomic E-state index is 13.3. The van der Waals surface area contributed by atoms with Gasteiger partial charge >= 0.3 is 0 Å². The number of aryl methyl sites for hydroxylation is 1. The molecule has 136 valence electrons. The molecule has 0 bridgehead atoms. The van der Waals surface area contributed by atoms with E-state index in [1.807, 2.05) is 6.07 Å². The highest BCUT2D eigenvalue weighted by molar-refractivity contribution is 5.95. The van der Waals surface area contributed by atoms with E-state index < -0.39 is 23.6 Å². The molecule has 0 radical (unpaired) electrons. The fourth-order valence-electron chi connectivity index (χ4n) is 3.26. The quantitative estimate of drug-likeness (QED) is 0.909. The van der Waals surface area contributed by atoms with Crippen LogP contribution in [-0.2, 0) is 17.3 Å². The van der Waals surface area contributed by atoms with Crippen LogP contribution in [0.4, 0.5) is 8.78 Å². The van der Waals surface area contributed by atoms with Crippen LogP contribution in [0.5, 0.6) is 0 Å². The Morgan fingerprint density at radius 1 is 1.42 bits per heavy atom. The summed E-state index contributed by atoms with van der Waals surface area (Å²) in [7, 11) is 1.37. The number of ether oxygens (including phenoxy) is 1. The number of halogens is 2. The molecule has 0 unspecified atom stereocenters. The lowest BCUT2D eigenvalue weighted by molar-refractivity contribution is 0.0343. The minimum absolute atomic E-state index is 0.148. The van der Waals surface area contributed by atoms with Crippen LogP contribution in [0, 0.1) is 11.3 Å². The van der Waals surface area contributed by atoms with Crippen molar-refractivity contribution in [2.45, 2.75) is 24.8 Å². The van der Waals surface area contributed by atoms with Crippen molar-refractivity contribution in [2.24, 2.45) is 7.05 Å². The van der Waals surface area contributed by atoms with Gasteiger partial charge in [0.1, 0.15) is 5.69 Å². The van der Waals surface area contributed by atoms with Crippen molar-refractivity contribution in [1.29, 1.82) is 5.26 Å². The highest BCUT2D eigenvalue weighted by Crippen LogP contribution is 2.33. The van der Waals surface area contributed by atoms with Gasteiger partial charge in [-0.05, 0) is 30.5 Å². The van der Waals surface area contributed by atoms with Gasteiger partial charge in [0.05, 0.1) is 28.9 Å². The number of nitrogens with one attached hydrogen (secondary N) is 1. The number of hydrogen-bond acceptors (Lipinski definition) is 4. The minimum atomic E-state index is -2.81. The molecule has 1 saturated heterocycles. The Balaban J connectivity index is 1.97. The smallest absolute Gasteiger partial charge is 0.280 e. The van der Waals surface area contributed by atoms with Gasteiger partial charge in [-0.2, -0.15) is 10.4 Å². The molecule has 6 nitrogen and oxygen atoms in total. The van der Waals surface area contributed by atoms with Gasteiger partial charge in [0.2, 0.25) is 0 Å². The molecule has 1 aliphatic heterocycles. The van der Waals surface area contributed by atoms with Crippen LogP contribution in [0.3, 0.4) is 0 Å². The fraction of sp³-hybridized carbons (Fsp3) is 0.389. The van der Waals surface area contributed by atoms with E-state index in [0.29, 0.717) is 31.6 Å². The Hall–Kier alpha value is -2.79. The van der Waals surface area contributed by atoms with E-state index in [4.69, 9.17) is 10.00 Å². The van der Waals surface area contributed by atoms with Gasteiger partial charge in [-0.1, -0.05) is 12.1 Å². The van der Waals surface area contributed by atoms with Gasteiger partial charge in [0.25, 0.3) is 12.3 Å². The zero-order valence-electron chi connectivity index (χ0n) is 14.2. The number of carbonyl (C=O) groups excluding carboxylic acids is 1. The van der Waals surface area contributed by atoms with Gasteiger partial charge in [0.15, 0.2) is 0 Å². The molecule has 0 atom stereocenters. The zero-order chi connectivity index (χ0) is 18.7. The number of rotatable bonds is 4. The number of alkyl halides is 2. The van der Waals surface area contributed by atoms with E-state index in [9.17, 15) is 13.6 Å². The number of nitriles is 1. The lowest BCUT2D eigenvalue weighted by atomic mass is 9.81. The molecule has 1 amide bonds. The van der Waals surface area contributed by atoms with Crippen molar-refractivity contribution in [3.63, 3.8) is 0 Å². The first-order chi connectivity index (χ1) is 12.5. The number of amides is 1. The molecule has 1 fully saturated rings. The number of carbonyl (C=O) groups is 1. The second-order valence-electron chi connectivity index (χ2n) is 6.21. The highest BCUT2D eigenvalue weighted by Gasteiger charge is 2.37. The molecule has 3 rings (SSSR count). The Morgan fingerprint density at radius 2 is 2.15 bits per heavy atom. The zero-order valence-corrected chi connectivity index (χ0v) is 14.2. The lowest BCUT2D eigenvalue weighted by Crippen LogP contribution is -2.49. The number of aromatic nitrogens is 2. The summed E-state index contributed by atoms with van der Waals surface area (Å²) in [5.74, 6) is -0.613. The monoisotopic (exact) mass is 360 g/mol. The maximum Gasteiger partial charge on any atom is 0.280 e. The fourth-order valence-corrected chi connectivity index (χ4v) is 3.26. The Labute approximate surface area is 149 Å². The van der Waals surface area contributed by atoms with Crippen molar-refractivity contribution in [3.05, 3.63) is 52.8 Å². The predicted octanol–water partition coefficient (Wildman–Crippen LogP) is 2.67. The van der Waals surface area contributed by atoms with Gasteiger partial charge in [-0.15, -0.1) is 0 Å². The molecular weight excluding hydrogens is 342 g/mol. The lowest BCUT2D eigenvalue weighted by Gasteiger charge is -2.38. The van der Waals surface area contributed by atoms with E-state index in [1.54, 1.807) is 18.2 Å². The molecule has 2 heterocycles. The summed E-state index contributed by atoms with van der Waals surface area (Å²) in [5.41, 5.74) is -0.120. The van der Waals surface area contributed by atoms with Crippen molar-refractivity contribution in [1.82, 2.24) is 15.1 Å². The van der Waals surface area contributed by atoms with Crippen LogP contribution in [0.25, 0.3) is 0 Å². The van der Waals surface area contributed by atoms with Gasteiger partial charge < -0.3 is 10.1 Å². The minimum Gasteiger partial charge on any atom is -0.381 e. The van der Waals surface area contributed by atoms with Crippen LogP contribution in [0.2, 0.25) is 0 Å². The molecule has 1 aromatic heterocycles. The Morgan fingerprint density at radius 3 is 2.81 bits per heavy atom. The van der Waals surface area contributed by atoms with E-state index in [-0.39, 0.29) is 5.56 Å². The van der Waals surface area contributed by atoms with Crippen molar-refractivity contribution >= 4 is 5.91 Å². The third-order valence-electron chi connectivity index (χ3n) is 4.68. The number of nitrogens with zero attached hydrogens (tertiary/aromatic N) is 3. The summed E-state index contributed by atoms with van der Waals surface area (Å²) in [6.07, 6.45) is -0.693. The molecule has 2 aromatic rings. The van der Waals surface area contributed by atoms with E-state index in [0.717, 1.165) is 16.4 Å². The van der Waals surface area contributed by atoms with Crippen LogP contribution < -0.4 is 5.32 Å². The third kappa shape index (κ3) is 3.30. The topological polar surface area (TPSA) is 79.9 Å². The molecule has 26 heavy (non-hydrogen) atoms. The first kappa shape index (κ1) is 18.0. The average Bonchev–Trinajstić information content (AvgIpc) is 3.04. The predicted molar refractivity (Wildman–Crippen MR) is 88.5 cm³/mol. The van der Waals surface area contributed by atoms with Crippen molar-refractivity contribution in [3.8, 4) is 6.07 Å². The Bertz CT molecular complexity index is 851. The highest BCUT2D eigenvalue weighted by atomic mass is 19.3. The average molecular weight is 360 g/mol. The summed E-state index contributed by atoms with van der Waals surface area (Å²) >= 11 is 0. The van der Waals surface area contributed by atoms with E-state index >= 15 is 0 Å². The molecule has 0 aliphatic carbocycles.